The highest BCUT2D eigenvalue weighted by atomic mass is 35.5. The summed E-state index contributed by atoms with van der Waals surface area (Å²) in [7, 11) is 0. The van der Waals surface area contributed by atoms with Crippen molar-refractivity contribution in [2.24, 2.45) is 0 Å². The number of ketones is 1. The van der Waals surface area contributed by atoms with Crippen LogP contribution >= 0.6 is 35.0 Å². The molecule has 4 rings (SSSR count). The zero-order valence-electron chi connectivity index (χ0n) is 16.0. The Morgan fingerprint density at radius 1 is 1.11 bits per heavy atom. The maximum Gasteiger partial charge on any atom is 0.230 e. The molecule has 1 aromatic rings. The molecule has 3 aliphatic rings. The molecular formula is C21H26Cl2N2O2S. The van der Waals surface area contributed by atoms with E-state index in [0.29, 0.717) is 28.5 Å². The Bertz CT molecular complexity index is 767. The van der Waals surface area contributed by atoms with E-state index in [1.807, 2.05) is 11.8 Å². The monoisotopic (exact) mass is 440 g/mol. The van der Waals surface area contributed by atoms with E-state index in [9.17, 15) is 9.59 Å². The molecule has 2 fully saturated rings. The van der Waals surface area contributed by atoms with Gasteiger partial charge in [0.15, 0.2) is 5.78 Å². The normalized spacial score (nSPS) is 26.2. The third-order valence-corrected chi connectivity index (χ3v) is 7.97. The molecule has 152 valence electrons. The number of nitrogens with zero attached hydrogens (tertiary/aromatic N) is 2. The molecule has 2 atom stereocenters. The fourth-order valence-corrected chi connectivity index (χ4v) is 6.04. The van der Waals surface area contributed by atoms with Gasteiger partial charge >= 0.3 is 0 Å². The summed E-state index contributed by atoms with van der Waals surface area (Å²) >= 11 is 14.3. The molecule has 7 heteroatoms. The van der Waals surface area contributed by atoms with Crippen LogP contribution in [0.15, 0.2) is 12.1 Å². The molecule has 0 unspecified atom stereocenters. The van der Waals surface area contributed by atoms with Crippen molar-refractivity contribution in [1.29, 1.82) is 0 Å². The molecule has 1 aliphatic carbocycles. The second kappa shape index (κ2) is 8.95. The van der Waals surface area contributed by atoms with Gasteiger partial charge in [0.05, 0.1) is 22.0 Å². The Morgan fingerprint density at radius 2 is 1.86 bits per heavy atom. The van der Waals surface area contributed by atoms with Crippen LogP contribution in [0, 0.1) is 0 Å². The van der Waals surface area contributed by atoms with Crippen LogP contribution in [0.4, 0.5) is 0 Å². The van der Waals surface area contributed by atoms with Crippen molar-refractivity contribution >= 4 is 46.7 Å². The summed E-state index contributed by atoms with van der Waals surface area (Å²) in [4.78, 5) is 30.6. The molecule has 1 aromatic carbocycles. The molecule has 28 heavy (non-hydrogen) atoms. The van der Waals surface area contributed by atoms with Gasteiger partial charge in [0.1, 0.15) is 0 Å². The number of thioether (sulfide) groups is 1. The molecule has 0 aromatic heterocycles. The third-order valence-electron chi connectivity index (χ3n) is 6.15. The lowest BCUT2D eigenvalue weighted by Gasteiger charge is -2.41. The minimum absolute atomic E-state index is 0.0525. The minimum atomic E-state index is -0.297. The topological polar surface area (TPSA) is 40.6 Å². The number of halogens is 2. The third kappa shape index (κ3) is 4.23. The minimum Gasteiger partial charge on any atom is -0.336 e. The van der Waals surface area contributed by atoms with Crippen LogP contribution in [-0.2, 0) is 4.79 Å². The number of Topliss-reactive ketones (excluding diaryl/α,β-unsaturated/α-hetero) is 1. The molecular weight excluding hydrogens is 415 g/mol. The van der Waals surface area contributed by atoms with Gasteiger partial charge in [0.2, 0.25) is 5.91 Å². The first-order valence-corrected chi connectivity index (χ1v) is 12.1. The van der Waals surface area contributed by atoms with Gasteiger partial charge in [0.25, 0.3) is 0 Å². The number of hydrogen-bond donors (Lipinski definition) is 0. The lowest BCUT2D eigenvalue weighted by molar-refractivity contribution is -0.135. The second-order valence-electron chi connectivity index (χ2n) is 7.99. The maximum atomic E-state index is 13.6. The molecule has 0 bridgehead atoms. The van der Waals surface area contributed by atoms with Gasteiger partial charge in [-0.2, -0.15) is 11.8 Å². The van der Waals surface area contributed by atoms with Crippen molar-refractivity contribution < 1.29 is 9.59 Å². The molecule has 2 heterocycles. The van der Waals surface area contributed by atoms with Crippen molar-refractivity contribution in [3.63, 3.8) is 0 Å². The number of carbonyl (C=O) groups is 2. The molecule has 1 amide bonds. The van der Waals surface area contributed by atoms with Crippen LogP contribution in [-0.4, -0.2) is 65.2 Å². The molecule has 0 N–H and O–H groups in total. The van der Waals surface area contributed by atoms with Crippen LogP contribution in [0.1, 0.15) is 53.9 Å². The van der Waals surface area contributed by atoms with Crippen molar-refractivity contribution in [1.82, 2.24) is 9.80 Å². The summed E-state index contributed by atoms with van der Waals surface area (Å²) in [5, 5.41) is 0.784. The average Bonchev–Trinajstić information content (AvgIpc) is 2.71. The molecule has 2 aliphatic heterocycles. The SMILES string of the molecule is O=C1CC[C@H](C(=O)N2CCSC[C@H]2CN2CCCCC2)c2cc(Cl)c(Cl)cc21. The fourth-order valence-electron chi connectivity index (χ4n) is 4.65. The number of hydrogen-bond acceptors (Lipinski definition) is 4. The van der Waals surface area contributed by atoms with E-state index >= 15 is 0 Å². The largest absolute Gasteiger partial charge is 0.336 e. The highest BCUT2D eigenvalue weighted by Crippen LogP contribution is 2.38. The predicted octanol–water partition coefficient (Wildman–Crippen LogP) is 4.48. The Morgan fingerprint density at radius 3 is 2.64 bits per heavy atom. The van der Waals surface area contributed by atoms with Gasteiger partial charge in [0, 0.05) is 36.6 Å². The van der Waals surface area contributed by atoms with Crippen LogP contribution in [0.3, 0.4) is 0 Å². The van der Waals surface area contributed by atoms with Crippen LogP contribution < -0.4 is 0 Å². The first-order chi connectivity index (χ1) is 13.5. The van der Waals surface area contributed by atoms with Crippen LogP contribution in [0.5, 0.6) is 0 Å². The summed E-state index contributed by atoms with van der Waals surface area (Å²) in [5.41, 5.74) is 1.32. The molecule has 0 radical (unpaired) electrons. The Labute approximate surface area is 180 Å². The fraction of sp³-hybridized carbons (Fsp3) is 0.619. The Balaban J connectivity index is 1.56. The standard InChI is InChI=1S/C21H26Cl2N2O2S/c22-18-10-16-15(4-5-20(26)17(16)11-19(18)23)21(27)25-8-9-28-13-14(25)12-24-6-2-1-3-7-24/h10-11,14-15H,1-9,12-13H2/t14-,15+/m1/s1. The van der Waals surface area contributed by atoms with Crippen molar-refractivity contribution in [3.8, 4) is 0 Å². The van der Waals surface area contributed by atoms with Crippen molar-refractivity contribution in [2.75, 3.05) is 37.7 Å². The van der Waals surface area contributed by atoms with E-state index in [1.54, 1.807) is 12.1 Å². The molecule has 0 spiro atoms. The maximum absolute atomic E-state index is 13.6. The summed E-state index contributed by atoms with van der Waals surface area (Å²) < 4.78 is 0. The summed E-state index contributed by atoms with van der Waals surface area (Å²) in [6.45, 7) is 4.01. The number of fused-ring (bicyclic) bond motifs is 1. The van der Waals surface area contributed by atoms with Gasteiger partial charge in [-0.25, -0.2) is 0 Å². The van der Waals surface area contributed by atoms with Crippen LogP contribution in [0.2, 0.25) is 10.0 Å². The van der Waals surface area contributed by atoms with E-state index in [2.05, 4.69) is 9.80 Å². The number of rotatable bonds is 3. The van der Waals surface area contributed by atoms with Gasteiger partial charge in [-0.1, -0.05) is 29.6 Å². The molecule has 0 saturated carbocycles. The van der Waals surface area contributed by atoms with E-state index in [0.717, 1.165) is 43.2 Å². The van der Waals surface area contributed by atoms with E-state index in [4.69, 9.17) is 23.2 Å². The lowest BCUT2D eigenvalue weighted by atomic mass is 9.81. The molecule has 2 saturated heterocycles. The Kier molecular flexibility index (Phi) is 6.56. The first kappa shape index (κ1) is 20.5. The van der Waals surface area contributed by atoms with Gasteiger partial charge in [-0.15, -0.1) is 0 Å². The quantitative estimate of drug-likeness (QED) is 0.694. The zero-order chi connectivity index (χ0) is 19.7. The number of piperidine rings is 1. The molecule has 4 nitrogen and oxygen atoms in total. The smallest absolute Gasteiger partial charge is 0.230 e. The lowest BCUT2D eigenvalue weighted by Crippen LogP contribution is -2.53. The van der Waals surface area contributed by atoms with Gasteiger partial charge in [-0.05, 0) is 50.0 Å². The first-order valence-electron chi connectivity index (χ1n) is 10.2. The average molecular weight is 441 g/mol. The van der Waals surface area contributed by atoms with E-state index < -0.39 is 0 Å². The number of benzene rings is 1. The number of likely N-dealkylation sites (tertiary alicyclic amines) is 1. The van der Waals surface area contributed by atoms with Crippen LogP contribution in [0.25, 0.3) is 0 Å². The van der Waals surface area contributed by atoms with Gasteiger partial charge in [-0.3, -0.25) is 9.59 Å². The van der Waals surface area contributed by atoms with Crippen molar-refractivity contribution in [2.45, 2.75) is 44.1 Å². The second-order valence-corrected chi connectivity index (χ2v) is 9.95. The van der Waals surface area contributed by atoms with E-state index in [1.165, 1.54) is 19.3 Å². The predicted molar refractivity (Wildman–Crippen MR) is 116 cm³/mol. The summed E-state index contributed by atoms with van der Waals surface area (Å²) in [6, 6.07) is 3.61. The van der Waals surface area contributed by atoms with E-state index in [-0.39, 0.29) is 23.7 Å². The summed E-state index contributed by atoms with van der Waals surface area (Å²) in [6.07, 6.45) is 4.77. The number of amides is 1. The van der Waals surface area contributed by atoms with Gasteiger partial charge < -0.3 is 9.80 Å². The van der Waals surface area contributed by atoms with Crippen molar-refractivity contribution in [3.05, 3.63) is 33.3 Å². The summed E-state index contributed by atoms with van der Waals surface area (Å²) in [5.74, 6) is 1.87. The highest BCUT2D eigenvalue weighted by Gasteiger charge is 2.37. The zero-order valence-corrected chi connectivity index (χ0v) is 18.3. The number of carbonyl (C=O) groups excluding carboxylic acids is 2. The Hall–Kier alpha value is -0.750. The highest BCUT2D eigenvalue weighted by molar-refractivity contribution is 7.99.